The number of rotatable bonds is 2. The van der Waals surface area contributed by atoms with Crippen molar-refractivity contribution in [1.29, 1.82) is 0 Å². The van der Waals surface area contributed by atoms with E-state index in [0.29, 0.717) is 0 Å². The van der Waals surface area contributed by atoms with Gasteiger partial charge in [0.05, 0.1) is 0 Å². The summed E-state index contributed by atoms with van der Waals surface area (Å²) < 4.78 is 0. The summed E-state index contributed by atoms with van der Waals surface area (Å²) >= 11 is 0. The molecule has 4 aliphatic carbocycles. The van der Waals surface area contributed by atoms with Gasteiger partial charge in [-0.1, -0.05) is 35.1 Å². The van der Waals surface area contributed by atoms with Gasteiger partial charge in [-0.15, -0.1) is 0 Å². The molecule has 0 aromatic carbocycles. The Morgan fingerprint density at radius 1 is 0.526 bits per heavy atom. The van der Waals surface area contributed by atoms with E-state index < -0.39 is 0 Å². The van der Waals surface area contributed by atoms with E-state index in [1.165, 1.54) is 23.7 Å². The van der Waals surface area contributed by atoms with Gasteiger partial charge in [-0.05, 0) is 85.9 Å². The zero-order valence-electron chi connectivity index (χ0n) is 12.9. The van der Waals surface area contributed by atoms with E-state index in [2.05, 4.69) is 27.7 Å². The van der Waals surface area contributed by atoms with E-state index in [4.69, 9.17) is 0 Å². The average Bonchev–Trinajstić information content (AvgIpc) is 3.16. The van der Waals surface area contributed by atoms with Crippen LogP contribution in [0.15, 0.2) is 0 Å². The van der Waals surface area contributed by atoms with Crippen molar-refractivity contribution in [2.75, 3.05) is 0 Å². The summed E-state index contributed by atoms with van der Waals surface area (Å²) in [4.78, 5) is 0. The van der Waals surface area contributed by atoms with Gasteiger partial charge in [0.25, 0.3) is 0 Å². The molecule has 0 aromatic rings. The fourth-order valence-corrected chi connectivity index (χ4v) is 4.61. The van der Waals surface area contributed by atoms with E-state index in [0.717, 1.165) is 23.7 Å². The predicted molar refractivity (Wildman–Crippen MR) is 85.0 cm³/mol. The Kier molecular flexibility index (Phi) is 4.68. The van der Waals surface area contributed by atoms with Crippen LogP contribution in [0.25, 0.3) is 0 Å². The Labute approximate surface area is 121 Å². The monoisotopic (exact) mass is 264 g/mol. The Balaban J connectivity index is 0.000000133. The van der Waals surface area contributed by atoms with Crippen LogP contribution in [0.4, 0.5) is 0 Å². The summed E-state index contributed by atoms with van der Waals surface area (Å²) in [7, 11) is 0. The first-order chi connectivity index (χ1) is 8.54. The molecular weight excluding hydrogens is 228 g/mol. The van der Waals surface area contributed by atoms with Gasteiger partial charge < -0.3 is 0 Å². The molecule has 0 bridgehead atoms. The molecule has 0 spiro atoms. The summed E-state index contributed by atoms with van der Waals surface area (Å²) in [5, 5.41) is 0. The van der Waals surface area contributed by atoms with Crippen LogP contribution in [-0.4, -0.2) is 0 Å². The Morgan fingerprint density at radius 2 is 0.789 bits per heavy atom. The van der Waals surface area contributed by atoms with Gasteiger partial charge in [-0.25, -0.2) is 0 Å². The maximum atomic E-state index is 2.37. The van der Waals surface area contributed by atoms with Crippen molar-refractivity contribution in [3.63, 3.8) is 0 Å². The largest absolute Gasteiger partial charge is 0.0776 e. The standard InChI is InChI=1S/2C9H16.CH4/c2*1-6(2)7-3-8-5-9(8)4-7;/h2*6-9H,3-5H2,1-2H3;1H4/t2*7?,8-,9+;. The first kappa shape index (κ1) is 15.4. The molecule has 4 rings (SSSR count). The highest BCUT2D eigenvalue weighted by molar-refractivity contribution is 4.97. The Morgan fingerprint density at radius 3 is 0.947 bits per heavy atom. The predicted octanol–water partition coefficient (Wildman–Crippen LogP) is 6.01. The molecule has 6 atom stereocenters. The molecule has 0 N–H and O–H groups in total. The molecule has 4 saturated carbocycles. The lowest BCUT2D eigenvalue weighted by atomic mass is 9.91. The van der Waals surface area contributed by atoms with Crippen LogP contribution in [0, 0.1) is 47.3 Å². The molecular formula is C19H36. The molecule has 4 aliphatic rings. The molecule has 112 valence electrons. The first-order valence-electron chi connectivity index (χ1n) is 8.54. The molecule has 0 aromatic heterocycles. The summed E-state index contributed by atoms with van der Waals surface area (Å²) in [5.41, 5.74) is 0. The Hall–Kier alpha value is 0. The lowest BCUT2D eigenvalue weighted by Crippen LogP contribution is -2.04. The van der Waals surface area contributed by atoms with E-state index in [1.807, 2.05) is 0 Å². The summed E-state index contributed by atoms with van der Waals surface area (Å²) in [5.74, 6) is 8.81. The van der Waals surface area contributed by atoms with Crippen molar-refractivity contribution in [3.8, 4) is 0 Å². The van der Waals surface area contributed by atoms with Crippen LogP contribution < -0.4 is 0 Å². The van der Waals surface area contributed by atoms with Crippen molar-refractivity contribution in [2.45, 2.75) is 73.6 Å². The van der Waals surface area contributed by atoms with Crippen molar-refractivity contribution in [2.24, 2.45) is 47.3 Å². The van der Waals surface area contributed by atoms with Crippen LogP contribution in [0.2, 0.25) is 0 Å². The van der Waals surface area contributed by atoms with Gasteiger partial charge in [0, 0.05) is 0 Å². The third-order valence-electron chi connectivity index (χ3n) is 6.45. The maximum absolute atomic E-state index is 2.37. The van der Waals surface area contributed by atoms with Crippen LogP contribution in [-0.2, 0) is 0 Å². The maximum Gasteiger partial charge on any atom is -0.0380 e. The highest BCUT2D eigenvalue weighted by Gasteiger charge is 2.46. The molecule has 0 heterocycles. The van der Waals surface area contributed by atoms with Crippen LogP contribution in [0.3, 0.4) is 0 Å². The van der Waals surface area contributed by atoms with Gasteiger partial charge >= 0.3 is 0 Å². The highest BCUT2D eigenvalue weighted by Crippen LogP contribution is 2.56. The lowest BCUT2D eigenvalue weighted by Gasteiger charge is -2.14. The van der Waals surface area contributed by atoms with Crippen LogP contribution >= 0.6 is 0 Å². The van der Waals surface area contributed by atoms with Crippen molar-refractivity contribution in [3.05, 3.63) is 0 Å². The number of hydrogen-bond acceptors (Lipinski definition) is 0. The van der Waals surface area contributed by atoms with Gasteiger partial charge in [0.2, 0.25) is 0 Å². The number of hydrogen-bond donors (Lipinski definition) is 0. The zero-order valence-corrected chi connectivity index (χ0v) is 12.9. The summed E-state index contributed by atoms with van der Waals surface area (Å²) in [6, 6.07) is 0. The minimum atomic E-state index is 0. The van der Waals surface area contributed by atoms with Gasteiger partial charge in [0.15, 0.2) is 0 Å². The van der Waals surface area contributed by atoms with Gasteiger partial charge in [-0.2, -0.15) is 0 Å². The molecule has 0 heteroatoms. The second-order valence-corrected chi connectivity index (χ2v) is 8.46. The lowest BCUT2D eigenvalue weighted by molar-refractivity contribution is 0.362. The molecule has 19 heavy (non-hydrogen) atoms. The topological polar surface area (TPSA) is 0 Å². The van der Waals surface area contributed by atoms with Crippen molar-refractivity contribution >= 4 is 0 Å². The van der Waals surface area contributed by atoms with Gasteiger partial charge in [-0.3, -0.25) is 0 Å². The van der Waals surface area contributed by atoms with E-state index >= 15 is 0 Å². The molecule has 4 fully saturated rings. The van der Waals surface area contributed by atoms with Crippen molar-refractivity contribution in [1.82, 2.24) is 0 Å². The minimum Gasteiger partial charge on any atom is -0.0776 e. The Bertz CT molecular complexity index is 240. The summed E-state index contributed by atoms with van der Waals surface area (Å²) in [6.45, 7) is 9.48. The fourth-order valence-electron chi connectivity index (χ4n) is 4.61. The zero-order chi connectivity index (χ0) is 12.9. The quantitative estimate of drug-likeness (QED) is 0.572. The molecule has 0 radical (unpaired) electrons. The second kappa shape index (κ2) is 5.78. The van der Waals surface area contributed by atoms with Gasteiger partial charge in [0.1, 0.15) is 0 Å². The first-order valence-corrected chi connectivity index (χ1v) is 8.54. The summed E-state index contributed by atoms with van der Waals surface area (Å²) in [6.07, 6.45) is 9.38. The normalized spacial score (nSPS) is 45.2. The van der Waals surface area contributed by atoms with E-state index in [-0.39, 0.29) is 7.43 Å². The smallest absolute Gasteiger partial charge is 0.0380 e. The molecule has 0 aliphatic heterocycles. The number of fused-ring (bicyclic) bond motifs is 2. The average molecular weight is 264 g/mol. The fraction of sp³-hybridized carbons (Fsp3) is 1.00. The van der Waals surface area contributed by atoms with E-state index in [9.17, 15) is 0 Å². The third kappa shape index (κ3) is 3.56. The van der Waals surface area contributed by atoms with Crippen LogP contribution in [0.5, 0.6) is 0 Å². The minimum absolute atomic E-state index is 0. The van der Waals surface area contributed by atoms with Crippen molar-refractivity contribution < 1.29 is 0 Å². The van der Waals surface area contributed by atoms with E-state index in [1.54, 1.807) is 38.5 Å². The molecule has 2 unspecified atom stereocenters. The van der Waals surface area contributed by atoms with Crippen LogP contribution in [0.1, 0.15) is 73.6 Å². The highest BCUT2D eigenvalue weighted by atomic mass is 14.5. The molecule has 0 amide bonds. The third-order valence-corrected chi connectivity index (χ3v) is 6.45. The molecule has 0 nitrogen and oxygen atoms in total. The SMILES string of the molecule is C.CC(C)C1C[C@@H]2C[C@@H]2C1.CC(C)C1C[C@@H]2C[C@@H]2C1. The second-order valence-electron chi connectivity index (χ2n) is 8.46. The molecule has 0 saturated heterocycles.